The van der Waals surface area contributed by atoms with Gasteiger partial charge < -0.3 is 4.74 Å². The molecule has 0 N–H and O–H groups in total. The lowest BCUT2D eigenvalue weighted by atomic mass is 10.1. The number of aromatic nitrogens is 2. The Morgan fingerprint density at radius 3 is 2.59 bits per heavy atom. The van der Waals surface area contributed by atoms with Crippen LogP contribution >= 0.6 is 34.4 Å². The monoisotopic (exact) mass is 418 g/mol. The predicted molar refractivity (Wildman–Crippen MR) is 110 cm³/mol. The quantitative estimate of drug-likeness (QED) is 0.303. The molecule has 0 bridgehead atoms. The molecular weight excluding hydrogens is 400 g/mol. The summed E-state index contributed by atoms with van der Waals surface area (Å²) >= 11 is 4.13. The number of ketones is 1. The molecule has 8 heteroatoms. The van der Waals surface area contributed by atoms with E-state index in [1.54, 1.807) is 6.92 Å². The molecule has 1 aromatic carbocycles. The van der Waals surface area contributed by atoms with Crippen LogP contribution in [-0.4, -0.2) is 34.1 Å². The number of thioether (sulfide) groups is 1. The number of hydrogen-bond donors (Lipinski definition) is 0. The van der Waals surface area contributed by atoms with Crippen LogP contribution in [0.5, 0.6) is 0 Å². The summed E-state index contributed by atoms with van der Waals surface area (Å²) in [5.41, 5.74) is 2.71. The van der Waals surface area contributed by atoms with Crippen molar-refractivity contribution in [3.05, 3.63) is 51.8 Å². The molecule has 0 radical (unpaired) electrons. The van der Waals surface area contributed by atoms with Gasteiger partial charge in [0.25, 0.3) is 0 Å². The Balaban J connectivity index is 1.69. The van der Waals surface area contributed by atoms with E-state index in [-0.39, 0.29) is 18.1 Å². The first-order chi connectivity index (χ1) is 13.1. The average Bonchev–Trinajstić information content (AvgIpc) is 3.30. The highest BCUT2D eigenvalue weighted by Crippen LogP contribution is 2.30. The number of carbonyl (C=O) groups is 2. The van der Waals surface area contributed by atoms with Crippen molar-refractivity contribution in [1.29, 1.82) is 0 Å². The molecule has 5 nitrogen and oxygen atoms in total. The van der Waals surface area contributed by atoms with Crippen molar-refractivity contribution in [3.8, 4) is 11.3 Å². The molecule has 2 aromatic heterocycles. The number of benzene rings is 1. The summed E-state index contributed by atoms with van der Waals surface area (Å²) in [6.45, 7) is 3.79. The van der Waals surface area contributed by atoms with Crippen molar-refractivity contribution in [3.63, 3.8) is 0 Å². The summed E-state index contributed by atoms with van der Waals surface area (Å²) in [5, 5.41) is 4.28. The average molecular weight is 419 g/mol. The van der Waals surface area contributed by atoms with Crippen LogP contribution in [0.1, 0.15) is 23.5 Å². The zero-order valence-electron chi connectivity index (χ0n) is 14.9. The van der Waals surface area contributed by atoms with Gasteiger partial charge in [-0.3, -0.25) is 9.59 Å². The van der Waals surface area contributed by atoms with E-state index in [1.165, 1.54) is 34.4 Å². The van der Waals surface area contributed by atoms with Crippen LogP contribution in [0.15, 0.2) is 45.4 Å². The highest BCUT2D eigenvalue weighted by atomic mass is 32.2. The highest BCUT2D eigenvalue weighted by Gasteiger charge is 2.32. The summed E-state index contributed by atoms with van der Waals surface area (Å²) in [6, 6.07) is 9.88. The van der Waals surface area contributed by atoms with Gasteiger partial charge in [-0.1, -0.05) is 42.1 Å². The minimum absolute atomic E-state index is 0.143. The van der Waals surface area contributed by atoms with E-state index in [4.69, 9.17) is 4.74 Å². The van der Waals surface area contributed by atoms with E-state index in [0.29, 0.717) is 5.01 Å². The minimum atomic E-state index is -0.968. The van der Waals surface area contributed by atoms with Gasteiger partial charge in [0.2, 0.25) is 0 Å². The van der Waals surface area contributed by atoms with Gasteiger partial charge in [0.1, 0.15) is 5.01 Å². The number of hydrogen-bond acceptors (Lipinski definition) is 8. The Morgan fingerprint density at radius 2 is 1.93 bits per heavy atom. The van der Waals surface area contributed by atoms with Crippen molar-refractivity contribution in [2.75, 3.05) is 12.4 Å². The van der Waals surface area contributed by atoms with Crippen molar-refractivity contribution in [1.82, 2.24) is 9.97 Å². The smallest absolute Gasteiger partial charge is 0.323 e. The van der Waals surface area contributed by atoms with Gasteiger partial charge in [0, 0.05) is 22.0 Å². The van der Waals surface area contributed by atoms with Gasteiger partial charge in [-0.05, 0) is 13.8 Å². The second-order valence-electron chi connectivity index (χ2n) is 5.63. The third-order valence-corrected chi connectivity index (χ3v) is 6.69. The van der Waals surface area contributed by atoms with Crippen LogP contribution in [0.2, 0.25) is 0 Å². The van der Waals surface area contributed by atoms with E-state index < -0.39 is 11.9 Å². The molecular formula is C19H18N2O3S3. The molecule has 0 saturated heterocycles. The number of ether oxygens (including phenoxy) is 1. The summed E-state index contributed by atoms with van der Waals surface area (Å²) in [7, 11) is 0. The van der Waals surface area contributed by atoms with Gasteiger partial charge in [-0.15, -0.1) is 22.7 Å². The number of esters is 1. The van der Waals surface area contributed by atoms with Gasteiger partial charge in [-0.25, -0.2) is 9.97 Å². The molecule has 2 heterocycles. The maximum atomic E-state index is 12.7. The van der Waals surface area contributed by atoms with E-state index >= 15 is 0 Å². The van der Waals surface area contributed by atoms with Crippen molar-refractivity contribution in [2.24, 2.45) is 0 Å². The van der Waals surface area contributed by atoms with E-state index in [9.17, 15) is 9.59 Å². The second kappa shape index (κ2) is 9.25. The third-order valence-electron chi connectivity index (χ3n) is 3.62. The lowest BCUT2D eigenvalue weighted by molar-refractivity contribution is -0.147. The van der Waals surface area contributed by atoms with Gasteiger partial charge in [-0.2, -0.15) is 0 Å². The summed E-state index contributed by atoms with van der Waals surface area (Å²) < 4.78 is 5.88. The van der Waals surface area contributed by atoms with Crippen LogP contribution in [0.25, 0.3) is 11.3 Å². The molecule has 0 saturated carbocycles. The molecule has 0 fully saturated rings. The zero-order chi connectivity index (χ0) is 19.2. The Hall–Kier alpha value is -2.03. The number of rotatable bonds is 8. The number of carbonyl (C=O) groups excluding carboxylic acids is 2. The Morgan fingerprint density at radius 1 is 1.15 bits per heavy atom. The fraction of sp³-hybridized carbons (Fsp3) is 0.263. The second-order valence-corrected chi connectivity index (χ2v) is 8.60. The van der Waals surface area contributed by atoms with Crippen LogP contribution in [0, 0.1) is 6.92 Å². The number of thiazole rings is 2. The van der Waals surface area contributed by atoms with Gasteiger partial charge in [0.15, 0.2) is 16.0 Å². The summed E-state index contributed by atoms with van der Waals surface area (Å²) in [5.74, 6) is -1.58. The minimum Gasteiger partial charge on any atom is -0.465 e. The summed E-state index contributed by atoms with van der Waals surface area (Å²) in [4.78, 5) is 33.9. The first-order valence-electron chi connectivity index (χ1n) is 8.33. The molecule has 0 unspecified atom stereocenters. The molecule has 1 atom stereocenters. The van der Waals surface area contributed by atoms with Crippen molar-refractivity contribution < 1.29 is 14.3 Å². The van der Waals surface area contributed by atoms with Crippen LogP contribution in [0.4, 0.5) is 0 Å². The van der Waals surface area contributed by atoms with Crippen molar-refractivity contribution in [2.45, 2.75) is 24.1 Å². The first-order valence-corrected chi connectivity index (χ1v) is 11.1. The van der Waals surface area contributed by atoms with Gasteiger partial charge in [0.05, 0.1) is 18.1 Å². The van der Waals surface area contributed by atoms with E-state index in [1.807, 2.05) is 48.0 Å². The lowest BCUT2D eigenvalue weighted by Crippen LogP contribution is -2.25. The topological polar surface area (TPSA) is 69.2 Å². The van der Waals surface area contributed by atoms with Crippen molar-refractivity contribution >= 4 is 46.2 Å². The molecule has 0 amide bonds. The van der Waals surface area contributed by atoms with Gasteiger partial charge >= 0.3 is 5.97 Å². The standard InChI is InChI=1S/C19H18N2O3S3/c1-3-24-18(23)16(17-20-12(2)9-25-17)15(22)11-27-19-21-14(10-26-19)13-7-5-4-6-8-13/h4-10,16H,3,11H2,1-2H3/t16-/m1/s1. The molecule has 3 rings (SSSR count). The Kier molecular flexibility index (Phi) is 6.76. The van der Waals surface area contributed by atoms with Crippen LogP contribution in [0.3, 0.4) is 0 Å². The molecule has 0 aliphatic heterocycles. The van der Waals surface area contributed by atoms with Crippen LogP contribution in [-0.2, 0) is 14.3 Å². The zero-order valence-corrected chi connectivity index (χ0v) is 17.3. The summed E-state index contributed by atoms with van der Waals surface area (Å²) in [6.07, 6.45) is 0. The number of nitrogens with zero attached hydrogens (tertiary/aromatic N) is 2. The maximum absolute atomic E-state index is 12.7. The van der Waals surface area contributed by atoms with E-state index in [2.05, 4.69) is 9.97 Å². The maximum Gasteiger partial charge on any atom is 0.323 e. The Bertz CT molecular complexity index is 921. The third kappa shape index (κ3) is 5.03. The lowest BCUT2D eigenvalue weighted by Gasteiger charge is -2.11. The fourth-order valence-corrected chi connectivity index (χ4v) is 5.03. The first kappa shape index (κ1) is 19.7. The molecule has 140 valence electrons. The SMILES string of the molecule is CCOC(=O)[C@H](C(=O)CSc1nc(-c2ccccc2)cs1)c1nc(C)cs1. The Labute approximate surface area is 169 Å². The number of aryl methyl sites for hydroxylation is 1. The predicted octanol–water partition coefficient (Wildman–Crippen LogP) is 4.58. The molecule has 0 aliphatic rings. The van der Waals surface area contributed by atoms with Crippen LogP contribution < -0.4 is 0 Å². The number of Topliss-reactive ketones (excluding diaryl/α,β-unsaturated/α-hetero) is 1. The fourth-order valence-electron chi connectivity index (χ4n) is 2.38. The highest BCUT2D eigenvalue weighted by molar-refractivity contribution is 8.01. The largest absolute Gasteiger partial charge is 0.465 e. The normalized spacial score (nSPS) is 11.9. The molecule has 0 aliphatic carbocycles. The molecule has 0 spiro atoms. The molecule has 27 heavy (non-hydrogen) atoms. The molecule has 3 aromatic rings. The van der Waals surface area contributed by atoms with E-state index in [0.717, 1.165) is 21.3 Å².